The number of hydrogen-bond donors (Lipinski definition) is 1. The smallest absolute Gasteiger partial charge is 0.0367 e. The number of nitrogens with zero attached hydrogens (tertiary/aromatic N) is 1. The van der Waals surface area contributed by atoms with Gasteiger partial charge < -0.3 is 10.6 Å². The predicted molar refractivity (Wildman–Crippen MR) is 75.2 cm³/mol. The second-order valence-corrected chi connectivity index (χ2v) is 6.22. The van der Waals surface area contributed by atoms with Gasteiger partial charge in [0.2, 0.25) is 0 Å². The van der Waals surface area contributed by atoms with Gasteiger partial charge in [-0.2, -0.15) is 0 Å². The Morgan fingerprint density at radius 2 is 1.59 bits per heavy atom. The summed E-state index contributed by atoms with van der Waals surface area (Å²) >= 11 is 0. The maximum atomic E-state index is 5.72. The quantitative estimate of drug-likeness (QED) is 0.750. The monoisotopic (exact) mass is 232 g/mol. The molecule has 2 rings (SSSR count). The van der Waals surface area contributed by atoms with Gasteiger partial charge in [-0.15, -0.1) is 0 Å². The van der Waals surface area contributed by atoms with Crippen molar-refractivity contribution >= 4 is 11.4 Å². The summed E-state index contributed by atoms with van der Waals surface area (Å²) in [6, 6.07) is 8.25. The van der Waals surface area contributed by atoms with Crippen LogP contribution in [0.3, 0.4) is 0 Å². The molecule has 0 atom stereocenters. The zero-order chi connectivity index (χ0) is 12.5. The van der Waals surface area contributed by atoms with Gasteiger partial charge in [0, 0.05) is 24.5 Å². The highest BCUT2D eigenvalue weighted by Crippen LogP contribution is 2.35. The number of hydrogen-bond acceptors (Lipinski definition) is 2. The summed E-state index contributed by atoms with van der Waals surface area (Å²) in [7, 11) is 0. The molecule has 1 aromatic rings. The Morgan fingerprint density at radius 1 is 1.06 bits per heavy atom. The molecule has 0 unspecified atom stereocenters. The highest BCUT2D eigenvalue weighted by atomic mass is 15.1. The standard InChI is InChI=1S/C15H24N2/c1-15(2,3)12-8-10-17(11-9-12)14-6-4-13(16)5-7-14/h4-7,12H,8-11,16H2,1-3H3. The maximum absolute atomic E-state index is 5.72. The van der Waals surface area contributed by atoms with Crippen molar-refractivity contribution in [1.82, 2.24) is 0 Å². The molecule has 2 N–H and O–H groups in total. The molecule has 0 radical (unpaired) electrons. The Kier molecular flexibility index (Phi) is 3.32. The van der Waals surface area contributed by atoms with E-state index in [1.54, 1.807) is 0 Å². The van der Waals surface area contributed by atoms with Crippen LogP contribution >= 0.6 is 0 Å². The Hall–Kier alpha value is -1.18. The van der Waals surface area contributed by atoms with Gasteiger partial charge in [0.05, 0.1) is 0 Å². The van der Waals surface area contributed by atoms with E-state index in [0.29, 0.717) is 5.41 Å². The van der Waals surface area contributed by atoms with Crippen LogP contribution in [0.25, 0.3) is 0 Å². The molecule has 0 saturated carbocycles. The zero-order valence-electron chi connectivity index (χ0n) is 11.2. The Morgan fingerprint density at radius 3 is 2.06 bits per heavy atom. The van der Waals surface area contributed by atoms with E-state index in [2.05, 4.69) is 37.8 Å². The van der Waals surface area contributed by atoms with E-state index in [1.807, 2.05) is 12.1 Å². The molecule has 0 spiro atoms. The summed E-state index contributed by atoms with van der Waals surface area (Å²) in [5.74, 6) is 0.854. The van der Waals surface area contributed by atoms with Crippen LogP contribution in [0, 0.1) is 11.3 Å². The van der Waals surface area contributed by atoms with Gasteiger partial charge >= 0.3 is 0 Å². The Balaban J connectivity index is 1.97. The summed E-state index contributed by atoms with van der Waals surface area (Å²) in [6.45, 7) is 9.42. The van der Waals surface area contributed by atoms with Crippen molar-refractivity contribution < 1.29 is 0 Å². The van der Waals surface area contributed by atoms with Gasteiger partial charge in [0.15, 0.2) is 0 Å². The lowest BCUT2D eigenvalue weighted by atomic mass is 9.75. The van der Waals surface area contributed by atoms with Crippen molar-refractivity contribution in [1.29, 1.82) is 0 Å². The highest BCUT2D eigenvalue weighted by Gasteiger charge is 2.28. The summed E-state index contributed by atoms with van der Waals surface area (Å²) < 4.78 is 0. The second kappa shape index (κ2) is 4.59. The molecule has 0 aliphatic carbocycles. The summed E-state index contributed by atoms with van der Waals surface area (Å²) in [6.07, 6.45) is 2.60. The molecule has 1 saturated heterocycles. The summed E-state index contributed by atoms with van der Waals surface area (Å²) in [5, 5.41) is 0. The number of anilines is 2. The van der Waals surface area contributed by atoms with E-state index in [-0.39, 0.29) is 0 Å². The van der Waals surface area contributed by atoms with Crippen LogP contribution < -0.4 is 10.6 Å². The van der Waals surface area contributed by atoms with Gasteiger partial charge in [-0.3, -0.25) is 0 Å². The van der Waals surface area contributed by atoms with Gasteiger partial charge in [0.25, 0.3) is 0 Å². The SMILES string of the molecule is CC(C)(C)C1CCN(c2ccc(N)cc2)CC1. The van der Waals surface area contributed by atoms with Gasteiger partial charge in [-0.1, -0.05) is 20.8 Å². The molecular weight excluding hydrogens is 208 g/mol. The second-order valence-electron chi connectivity index (χ2n) is 6.22. The first-order valence-electron chi connectivity index (χ1n) is 6.57. The first-order valence-corrected chi connectivity index (χ1v) is 6.57. The molecule has 1 aromatic carbocycles. The van der Waals surface area contributed by atoms with Gasteiger partial charge in [0.1, 0.15) is 0 Å². The van der Waals surface area contributed by atoms with Crippen molar-refractivity contribution in [3.8, 4) is 0 Å². The molecular formula is C15H24N2. The van der Waals surface area contributed by atoms with Crippen LogP contribution in [0.4, 0.5) is 11.4 Å². The molecule has 94 valence electrons. The lowest BCUT2D eigenvalue weighted by Crippen LogP contribution is -2.37. The molecule has 0 amide bonds. The minimum Gasteiger partial charge on any atom is -0.399 e. The van der Waals surface area contributed by atoms with Crippen molar-refractivity contribution in [2.75, 3.05) is 23.7 Å². The molecule has 1 aliphatic rings. The van der Waals surface area contributed by atoms with Crippen LogP contribution in [0.15, 0.2) is 24.3 Å². The summed E-state index contributed by atoms with van der Waals surface area (Å²) in [5.41, 5.74) is 8.33. The van der Waals surface area contributed by atoms with Crippen molar-refractivity contribution in [3.63, 3.8) is 0 Å². The highest BCUT2D eigenvalue weighted by molar-refractivity contribution is 5.53. The maximum Gasteiger partial charge on any atom is 0.0367 e. The molecule has 0 aromatic heterocycles. The number of piperidine rings is 1. The number of nitrogen functional groups attached to an aromatic ring is 1. The molecule has 2 heteroatoms. The average molecular weight is 232 g/mol. The first kappa shape index (κ1) is 12.3. The number of nitrogens with two attached hydrogens (primary N) is 1. The first-order chi connectivity index (χ1) is 7.97. The molecule has 1 aliphatic heterocycles. The van der Waals surface area contributed by atoms with Crippen LogP contribution in [-0.2, 0) is 0 Å². The van der Waals surface area contributed by atoms with Crippen molar-refractivity contribution in [3.05, 3.63) is 24.3 Å². The van der Waals surface area contributed by atoms with Crippen LogP contribution in [0.2, 0.25) is 0 Å². The zero-order valence-corrected chi connectivity index (χ0v) is 11.2. The minimum atomic E-state index is 0.452. The van der Waals surface area contributed by atoms with E-state index < -0.39 is 0 Å². The fourth-order valence-electron chi connectivity index (χ4n) is 2.69. The third kappa shape index (κ3) is 2.93. The van der Waals surface area contributed by atoms with Crippen LogP contribution in [-0.4, -0.2) is 13.1 Å². The van der Waals surface area contributed by atoms with E-state index in [0.717, 1.165) is 11.6 Å². The van der Waals surface area contributed by atoms with Gasteiger partial charge in [-0.05, 0) is 48.4 Å². The topological polar surface area (TPSA) is 29.3 Å². The fraction of sp³-hybridized carbons (Fsp3) is 0.600. The van der Waals surface area contributed by atoms with E-state index >= 15 is 0 Å². The Labute approximate surface area is 105 Å². The van der Waals surface area contributed by atoms with Crippen LogP contribution in [0.1, 0.15) is 33.6 Å². The van der Waals surface area contributed by atoms with Gasteiger partial charge in [-0.25, -0.2) is 0 Å². The third-order valence-electron chi connectivity index (χ3n) is 3.98. The van der Waals surface area contributed by atoms with E-state index in [4.69, 9.17) is 5.73 Å². The normalized spacial score (nSPS) is 18.4. The van der Waals surface area contributed by atoms with E-state index in [9.17, 15) is 0 Å². The average Bonchev–Trinajstić information content (AvgIpc) is 2.29. The number of rotatable bonds is 1. The number of benzene rings is 1. The van der Waals surface area contributed by atoms with Crippen molar-refractivity contribution in [2.24, 2.45) is 11.3 Å². The molecule has 1 fully saturated rings. The largest absolute Gasteiger partial charge is 0.399 e. The fourth-order valence-corrected chi connectivity index (χ4v) is 2.69. The lowest BCUT2D eigenvalue weighted by molar-refractivity contribution is 0.199. The minimum absolute atomic E-state index is 0.452. The predicted octanol–water partition coefficient (Wildman–Crippen LogP) is 3.53. The van der Waals surface area contributed by atoms with Crippen LogP contribution in [0.5, 0.6) is 0 Å². The summed E-state index contributed by atoms with van der Waals surface area (Å²) in [4.78, 5) is 2.47. The lowest BCUT2D eigenvalue weighted by Gasteiger charge is -2.39. The Bertz CT molecular complexity index is 354. The third-order valence-corrected chi connectivity index (χ3v) is 3.98. The molecule has 1 heterocycles. The molecule has 0 bridgehead atoms. The van der Waals surface area contributed by atoms with Crippen molar-refractivity contribution in [2.45, 2.75) is 33.6 Å². The molecule has 2 nitrogen and oxygen atoms in total. The van der Waals surface area contributed by atoms with E-state index in [1.165, 1.54) is 31.6 Å². The molecule has 17 heavy (non-hydrogen) atoms.